The van der Waals surface area contributed by atoms with Crippen LogP contribution in [0.2, 0.25) is 0 Å². The first-order valence-electron chi connectivity index (χ1n) is 5.78. The predicted molar refractivity (Wildman–Crippen MR) is 64.5 cm³/mol. The molecular formula is C11H16N6. The quantitative estimate of drug-likeness (QED) is 0.813. The third-order valence-electron chi connectivity index (χ3n) is 2.48. The number of aromatic nitrogens is 5. The number of nitrogens with one attached hydrogen (secondary N) is 2. The van der Waals surface area contributed by atoms with Crippen molar-refractivity contribution in [1.82, 2.24) is 25.1 Å². The van der Waals surface area contributed by atoms with E-state index in [9.17, 15) is 0 Å². The van der Waals surface area contributed by atoms with Gasteiger partial charge in [-0.2, -0.15) is 5.10 Å². The molecule has 6 nitrogen and oxygen atoms in total. The lowest BCUT2D eigenvalue weighted by molar-refractivity contribution is 0.815. The fourth-order valence-electron chi connectivity index (χ4n) is 1.57. The van der Waals surface area contributed by atoms with Gasteiger partial charge in [-0.1, -0.05) is 13.8 Å². The fourth-order valence-corrected chi connectivity index (χ4v) is 1.57. The van der Waals surface area contributed by atoms with Crippen molar-refractivity contribution in [2.45, 2.75) is 33.2 Å². The van der Waals surface area contributed by atoms with Gasteiger partial charge in [-0.25, -0.2) is 9.97 Å². The van der Waals surface area contributed by atoms with Crippen molar-refractivity contribution in [3.8, 4) is 0 Å². The minimum Gasteiger partial charge on any atom is -0.347 e. The van der Waals surface area contributed by atoms with Gasteiger partial charge in [0, 0.05) is 12.4 Å². The van der Waals surface area contributed by atoms with Crippen LogP contribution in [0.25, 0.3) is 0 Å². The highest BCUT2D eigenvalue weighted by Crippen LogP contribution is 2.07. The molecule has 0 amide bonds. The molecule has 0 atom stereocenters. The van der Waals surface area contributed by atoms with Gasteiger partial charge in [0.15, 0.2) is 0 Å². The average Bonchev–Trinajstić information content (AvgIpc) is 2.89. The van der Waals surface area contributed by atoms with Crippen LogP contribution in [0.5, 0.6) is 0 Å². The van der Waals surface area contributed by atoms with Gasteiger partial charge in [-0.3, -0.25) is 0 Å². The molecule has 2 aromatic rings. The van der Waals surface area contributed by atoms with Gasteiger partial charge in [0.05, 0.1) is 17.9 Å². The van der Waals surface area contributed by atoms with Crippen molar-refractivity contribution in [2.75, 3.05) is 5.32 Å². The SMILES string of the molecule is CCc1nnc(NCc2ncc[nH]2)nc1CC. The van der Waals surface area contributed by atoms with Gasteiger partial charge in [-0.15, -0.1) is 5.10 Å². The number of aryl methyl sites for hydroxylation is 2. The van der Waals surface area contributed by atoms with Crippen molar-refractivity contribution in [3.63, 3.8) is 0 Å². The van der Waals surface area contributed by atoms with Gasteiger partial charge in [0.2, 0.25) is 5.95 Å². The van der Waals surface area contributed by atoms with E-state index in [4.69, 9.17) is 0 Å². The third kappa shape index (κ3) is 2.77. The second-order valence-corrected chi connectivity index (χ2v) is 3.63. The van der Waals surface area contributed by atoms with Crippen LogP contribution in [0.4, 0.5) is 5.95 Å². The normalized spacial score (nSPS) is 10.5. The summed E-state index contributed by atoms with van der Waals surface area (Å²) in [7, 11) is 0. The van der Waals surface area contributed by atoms with Crippen LogP contribution in [0.3, 0.4) is 0 Å². The number of hydrogen-bond acceptors (Lipinski definition) is 5. The lowest BCUT2D eigenvalue weighted by Gasteiger charge is -2.06. The zero-order valence-electron chi connectivity index (χ0n) is 10.1. The van der Waals surface area contributed by atoms with Gasteiger partial charge in [0.25, 0.3) is 0 Å². The van der Waals surface area contributed by atoms with E-state index in [1.54, 1.807) is 12.4 Å². The number of imidazole rings is 1. The first-order chi connectivity index (χ1) is 8.33. The highest BCUT2D eigenvalue weighted by atomic mass is 15.2. The minimum absolute atomic E-state index is 0.551. The molecule has 0 aliphatic carbocycles. The molecule has 0 saturated heterocycles. The van der Waals surface area contributed by atoms with Crippen molar-refractivity contribution in [1.29, 1.82) is 0 Å². The van der Waals surface area contributed by atoms with Crippen LogP contribution in [0, 0.1) is 0 Å². The molecule has 2 aromatic heterocycles. The Morgan fingerprint density at radius 2 is 2.00 bits per heavy atom. The maximum absolute atomic E-state index is 4.44. The van der Waals surface area contributed by atoms with E-state index in [-0.39, 0.29) is 0 Å². The van der Waals surface area contributed by atoms with E-state index in [0.29, 0.717) is 12.5 Å². The molecule has 2 heterocycles. The highest BCUT2D eigenvalue weighted by molar-refractivity contribution is 5.26. The Bertz CT molecular complexity index is 465. The summed E-state index contributed by atoms with van der Waals surface area (Å²) in [4.78, 5) is 11.6. The van der Waals surface area contributed by atoms with Gasteiger partial charge in [-0.05, 0) is 12.8 Å². The van der Waals surface area contributed by atoms with Crippen LogP contribution >= 0.6 is 0 Å². The molecule has 0 aliphatic rings. The van der Waals surface area contributed by atoms with Crippen LogP contribution < -0.4 is 5.32 Å². The number of aromatic amines is 1. The summed E-state index contributed by atoms with van der Waals surface area (Å²) in [6.45, 7) is 4.70. The molecule has 90 valence electrons. The smallest absolute Gasteiger partial charge is 0.243 e. The molecule has 6 heteroatoms. The monoisotopic (exact) mass is 232 g/mol. The van der Waals surface area contributed by atoms with Crippen LogP contribution in [-0.4, -0.2) is 25.1 Å². The summed E-state index contributed by atoms with van der Waals surface area (Å²) in [5.74, 6) is 1.40. The second-order valence-electron chi connectivity index (χ2n) is 3.63. The summed E-state index contributed by atoms with van der Waals surface area (Å²) in [6, 6.07) is 0. The van der Waals surface area contributed by atoms with Gasteiger partial charge >= 0.3 is 0 Å². The predicted octanol–water partition coefficient (Wildman–Crippen LogP) is 1.33. The second kappa shape index (κ2) is 5.38. The summed E-state index contributed by atoms with van der Waals surface area (Å²) in [5.41, 5.74) is 1.97. The lowest BCUT2D eigenvalue weighted by Crippen LogP contribution is -2.10. The van der Waals surface area contributed by atoms with Crippen molar-refractivity contribution >= 4 is 5.95 Å². The molecule has 2 rings (SSSR count). The minimum atomic E-state index is 0.551. The Kier molecular flexibility index (Phi) is 3.64. The molecule has 0 saturated carbocycles. The topological polar surface area (TPSA) is 79.4 Å². The largest absolute Gasteiger partial charge is 0.347 e. The zero-order valence-corrected chi connectivity index (χ0v) is 10.1. The molecule has 0 bridgehead atoms. The van der Waals surface area contributed by atoms with Crippen LogP contribution in [0.1, 0.15) is 31.1 Å². The number of anilines is 1. The molecule has 0 aromatic carbocycles. The molecule has 0 spiro atoms. The van der Waals surface area contributed by atoms with Crippen LogP contribution in [0.15, 0.2) is 12.4 Å². The summed E-state index contributed by atoms with van der Waals surface area (Å²) in [5, 5.41) is 11.3. The van der Waals surface area contributed by atoms with Crippen LogP contribution in [-0.2, 0) is 19.4 Å². The first kappa shape index (κ1) is 11.5. The van der Waals surface area contributed by atoms with E-state index in [0.717, 1.165) is 30.1 Å². The highest BCUT2D eigenvalue weighted by Gasteiger charge is 2.05. The fraction of sp³-hybridized carbons (Fsp3) is 0.455. The maximum atomic E-state index is 4.44. The van der Waals surface area contributed by atoms with Gasteiger partial charge in [0.1, 0.15) is 5.82 Å². The first-order valence-corrected chi connectivity index (χ1v) is 5.78. The Balaban J connectivity index is 2.06. The van der Waals surface area contributed by atoms with Crippen molar-refractivity contribution in [3.05, 3.63) is 29.6 Å². The third-order valence-corrected chi connectivity index (χ3v) is 2.48. The summed E-state index contributed by atoms with van der Waals surface area (Å²) in [6.07, 6.45) is 5.23. The lowest BCUT2D eigenvalue weighted by atomic mass is 10.2. The molecule has 0 fully saturated rings. The molecular weight excluding hydrogens is 216 g/mol. The molecule has 0 radical (unpaired) electrons. The maximum Gasteiger partial charge on any atom is 0.243 e. The standard InChI is InChI=1S/C11H16N6/c1-3-8-9(4-2)16-17-11(15-8)14-7-10-12-5-6-13-10/h5-6H,3-4,7H2,1-2H3,(H,12,13)(H,14,15,17). The molecule has 0 aliphatic heterocycles. The van der Waals surface area contributed by atoms with Crippen molar-refractivity contribution < 1.29 is 0 Å². The number of nitrogens with zero attached hydrogens (tertiary/aromatic N) is 4. The Hall–Kier alpha value is -1.98. The number of H-pyrrole nitrogens is 1. The molecule has 17 heavy (non-hydrogen) atoms. The zero-order chi connectivity index (χ0) is 12.1. The van der Waals surface area contributed by atoms with Crippen molar-refractivity contribution in [2.24, 2.45) is 0 Å². The van der Waals surface area contributed by atoms with E-state index in [2.05, 4.69) is 44.3 Å². The Labute approximate surface area is 99.9 Å². The average molecular weight is 232 g/mol. The number of rotatable bonds is 5. The molecule has 0 unspecified atom stereocenters. The number of hydrogen-bond donors (Lipinski definition) is 2. The molecule has 2 N–H and O–H groups in total. The Morgan fingerprint density at radius 1 is 1.18 bits per heavy atom. The summed E-state index contributed by atoms with van der Waals surface area (Å²) >= 11 is 0. The Morgan fingerprint density at radius 3 is 2.65 bits per heavy atom. The van der Waals surface area contributed by atoms with E-state index >= 15 is 0 Å². The van der Waals surface area contributed by atoms with E-state index in [1.165, 1.54) is 0 Å². The van der Waals surface area contributed by atoms with E-state index < -0.39 is 0 Å². The van der Waals surface area contributed by atoms with E-state index in [1.807, 2.05) is 0 Å². The summed E-state index contributed by atoms with van der Waals surface area (Å²) < 4.78 is 0. The van der Waals surface area contributed by atoms with Gasteiger partial charge < -0.3 is 10.3 Å².